The van der Waals surface area contributed by atoms with E-state index in [2.05, 4.69) is 20.5 Å². The van der Waals surface area contributed by atoms with Crippen LogP contribution < -0.4 is 15.5 Å². The summed E-state index contributed by atoms with van der Waals surface area (Å²) in [7, 11) is 0. The van der Waals surface area contributed by atoms with Crippen LogP contribution in [0.25, 0.3) is 0 Å². The third kappa shape index (κ3) is 5.43. The Hall–Kier alpha value is -2.64. The molecule has 0 spiro atoms. The molecule has 2 N–H and O–H groups in total. The van der Waals surface area contributed by atoms with Crippen LogP contribution in [0.3, 0.4) is 0 Å². The van der Waals surface area contributed by atoms with Crippen LogP contribution in [0.15, 0.2) is 42.6 Å². The number of nitrogens with zero attached hydrogens (tertiary/aromatic N) is 2. The molecular weight excluding hydrogens is 380 g/mol. The molecule has 0 saturated carbocycles. The average Bonchev–Trinajstić information content (AvgIpc) is 2.69. The zero-order valence-corrected chi connectivity index (χ0v) is 16.4. The lowest BCUT2D eigenvalue weighted by atomic mass is 10.0. The lowest BCUT2D eigenvalue weighted by molar-refractivity contribution is -0.120. The molecule has 1 atom stereocenters. The highest BCUT2D eigenvalue weighted by Crippen LogP contribution is 2.25. The molecule has 7 nitrogen and oxygen atoms in total. The number of carbonyl (C=O) groups is 2. The Morgan fingerprint density at radius 2 is 1.93 bits per heavy atom. The van der Waals surface area contributed by atoms with E-state index >= 15 is 0 Å². The van der Waals surface area contributed by atoms with Crippen LogP contribution in [0.2, 0.25) is 5.02 Å². The molecule has 1 saturated heterocycles. The Kier molecular flexibility index (Phi) is 6.84. The highest BCUT2D eigenvalue weighted by molar-refractivity contribution is 6.30. The predicted octanol–water partition coefficient (Wildman–Crippen LogP) is 2.78. The van der Waals surface area contributed by atoms with Crippen molar-refractivity contribution in [3.05, 3.63) is 53.2 Å². The van der Waals surface area contributed by atoms with Gasteiger partial charge in [-0.25, -0.2) is 4.98 Å². The molecule has 0 radical (unpaired) electrons. The van der Waals surface area contributed by atoms with E-state index in [4.69, 9.17) is 16.3 Å². The molecule has 3 rings (SSSR count). The summed E-state index contributed by atoms with van der Waals surface area (Å²) < 4.78 is 5.38. The van der Waals surface area contributed by atoms with Gasteiger partial charge in [-0.3, -0.25) is 9.59 Å². The quantitative estimate of drug-likeness (QED) is 0.776. The van der Waals surface area contributed by atoms with Gasteiger partial charge in [-0.2, -0.15) is 0 Å². The first-order valence-corrected chi connectivity index (χ1v) is 9.51. The molecule has 28 heavy (non-hydrogen) atoms. The number of hydrogen-bond donors (Lipinski definition) is 2. The van der Waals surface area contributed by atoms with Crippen molar-refractivity contribution in [3.63, 3.8) is 0 Å². The molecule has 1 aliphatic heterocycles. The van der Waals surface area contributed by atoms with E-state index in [9.17, 15) is 9.59 Å². The predicted molar refractivity (Wildman–Crippen MR) is 109 cm³/mol. The standard InChI is InChI=1S/C20H23ClN4O3/c1-14(26)23-18(15-4-6-16(21)7-5-15)13-19(27)24-17-3-2-8-22-20(17)25-9-11-28-12-10-25/h2-8,18H,9-13H2,1H3,(H,23,26)(H,24,27). The van der Waals surface area contributed by atoms with Gasteiger partial charge in [0.15, 0.2) is 5.82 Å². The number of pyridine rings is 1. The van der Waals surface area contributed by atoms with Crippen molar-refractivity contribution in [2.24, 2.45) is 0 Å². The van der Waals surface area contributed by atoms with Gasteiger partial charge < -0.3 is 20.3 Å². The number of nitrogens with one attached hydrogen (secondary N) is 2. The van der Waals surface area contributed by atoms with Gasteiger partial charge >= 0.3 is 0 Å². The van der Waals surface area contributed by atoms with E-state index in [-0.39, 0.29) is 18.2 Å². The van der Waals surface area contributed by atoms with Crippen molar-refractivity contribution in [2.45, 2.75) is 19.4 Å². The minimum atomic E-state index is -0.446. The Balaban J connectivity index is 1.72. The molecule has 2 amide bonds. The maximum atomic E-state index is 12.7. The monoisotopic (exact) mass is 402 g/mol. The van der Waals surface area contributed by atoms with Crippen molar-refractivity contribution >= 4 is 34.9 Å². The fraction of sp³-hybridized carbons (Fsp3) is 0.350. The largest absolute Gasteiger partial charge is 0.378 e. The van der Waals surface area contributed by atoms with Crippen molar-refractivity contribution < 1.29 is 14.3 Å². The zero-order chi connectivity index (χ0) is 19.9. The van der Waals surface area contributed by atoms with Gasteiger partial charge in [0, 0.05) is 31.2 Å². The minimum absolute atomic E-state index is 0.0959. The average molecular weight is 403 g/mol. The number of benzene rings is 1. The number of aromatic nitrogens is 1. The normalized spacial score (nSPS) is 15.0. The second kappa shape index (κ2) is 9.52. The number of halogens is 1. The van der Waals surface area contributed by atoms with E-state index in [0.717, 1.165) is 24.5 Å². The van der Waals surface area contributed by atoms with Gasteiger partial charge in [0.05, 0.1) is 31.4 Å². The van der Waals surface area contributed by atoms with Crippen LogP contribution in [0.5, 0.6) is 0 Å². The van der Waals surface area contributed by atoms with E-state index < -0.39 is 6.04 Å². The van der Waals surface area contributed by atoms with Crippen molar-refractivity contribution in [1.29, 1.82) is 0 Å². The molecule has 8 heteroatoms. The summed E-state index contributed by atoms with van der Waals surface area (Å²) in [5, 5.41) is 6.35. The second-order valence-electron chi connectivity index (χ2n) is 6.53. The summed E-state index contributed by atoms with van der Waals surface area (Å²) in [4.78, 5) is 30.8. The summed E-state index contributed by atoms with van der Waals surface area (Å²) in [6.07, 6.45) is 1.80. The first kappa shape index (κ1) is 20.1. The summed E-state index contributed by atoms with van der Waals surface area (Å²) in [5.41, 5.74) is 1.46. The SMILES string of the molecule is CC(=O)NC(CC(=O)Nc1cccnc1N1CCOCC1)c1ccc(Cl)cc1. The smallest absolute Gasteiger partial charge is 0.226 e. The van der Waals surface area contributed by atoms with E-state index in [1.165, 1.54) is 6.92 Å². The number of morpholine rings is 1. The molecule has 2 aromatic rings. The lowest BCUT2D eigenvalue weighted by Crippen LogP contribution is -2.37. The van der Waals surface area contributed by atoms with Gasteiger partial charge in [0.2, 0.25) is 11.8 Å². The number of carbonyl (C=O) groups excluding carboxylic acids is 2. The molecule has 1 aromatic heterocycles. The highest BCUT2D eigenvalue weighted by Gasteiger charge is 2.20. The fourth-order valence-corrected chi connectivity index (χ4v) is 3.23. The summed E-state index contributed by atoms with van der Waals surface area (Å²) in [6.45, 7) is 4.13. The highest BCUT2D eigenvalue weighted by atomic mass is 35.5. The van der Waals surface area contributed by atoms with Crippen molar-refractivity contribution in [1.82, 2.24) is 10.3 Å². The maximum absolute atomic E-state index is 12.7. The van der Waals surface area contributed by atoms with Gasteiger partial charge in [0.25, 0.3) is 0 Å². The topological polar surface area (TPSA) is 83.6 Å². The summed E-state index contributed by atoms with van der Waals surface area (Å²) in [6, 6.07) is 10.2. The van der Waals surface area contributed by atoms with Crippen LogP contribution in [-0.2, 0) is 14.3 Å². The summed E-state index contributed by atoms with van der Waals surface area (Å²) >= 11 is 5.94. The fourth-order valence-electron chi connectivity index (χ4n) is 3.10. The van der Waals surface area contributed by atoms with Crippen LogP contribution in [0, 0.1) is 0 Å². The van der Waals surface area contributed by atoms with Crippen LogP contribution >= 0.6 is 11.6 Å². The Morgan fingerprint density at radius 3 is 2.61 bits per heavy atom. The Bertz CT molecular complexity index is 822. The van der Waals surface area contributed by atoms with Gasteiger partial charge in [-0.15, -0.1) is 0 Å². The molecule has 1 fully saturated rings. The molecule has 0 bridgehead atoms. The molecule has 0 aliphatic carbocycles. The third-order valence-corrected chi connectivity index (χ3v) is 4.66. The first-order chi connectivity index (χ1) is 13.5. The van der Waals surface area contributed by atoms with Gasteiger partial charge in [-0.1, -0.05) is 23.7 Å². The Morgan fingerprint density at radius 1 is 1.21 bits per heavy atom. The molecule has 2 heterocycles. The van der Waals surface area contributed by atoms with Crippen LogP contribution in [-0.4, -0.2) is 43.1 Å². The zero-order valence-electron chi connectivity index (χ0n) is 15.7. The maximum Gasteiger partial charge on any atom is 0.226 e. The van der Waals surface area contributed by atoms with Crippen molar-refractivity contribution in [2.75, 3.05) is 36.5 Å². The number of anilines is 2. The molecule has 1 unspecified atom stereocenters. The second-order valence-corrected chi connectivity index (χ2v) is 6.97. The van der Waals surface area contributed by atoms with Gasteiger partial charge in [-0.05, 0) is 29.8 Å². The molecular formula is C20H23ClN4O3. The first-order valence-electron chi connectivity index (χ1n) is 9.13. The van der Waals surface area contributed by atoms with E-state index in [1.807, 2.05) is 6.07 Å². The molecule has 1 aliphatic rings. The third-order valence-electron chi connectivity index (χ3n) is 4.41. The van der Waals surface area contributed by atoms with Crippen molar-refractivity contribution in [3.8, 4) is 0 Å². The number of amides is 2. The Labute approximate surface area is 169 Å². The molecule has 148 valence electrons. The van der Waals surface area contributed by atoms with Gasteiger partial charge in [0.1, 0.15) is 0 Å². The number of hydrogen-bond acceptors (Lipinski definition) is 5. The number of rotatable bonds is 6. The minimum Gasteiger partial charge on any atom is -0.378 e. The van der Waals surface area contributed by atoms with E-state index in [0.29, 0.717) is 23.9 Å². The summed E-state index contributed by atoms with van der Waals surface area (Å²) in [5.74, 6) is 0.307. The lowest BCUT2D eigenvalue weighted by Gasteiger charge is -2.29. The van der Waals surface area contributed by atoms with Crippen LogP contribution in [0.1, 0.15) is 24.9 Å². The van der Waals surface area contributed by atoms with E-state index in [1.54, 1.807) is 36.5 Å². The van der Waals surface area contributed by atoms with Crippen LogP contribution in [0.4, 0.5) is 11.5 Å². The number of ether oxygens (including phenoxy) is 1. The molecule has 1 aromatic carbocycles.